The van der Waals surface area contributed by atoms with Gasteiger partial charge in [-0.15, -0.1) is 4.91 Å². The normalized spacial score (nSPS) is 11.6. The van der Waals surface area contributed by atoms with E-state index in [0.717, 1.165) is 6.07 Å². The smallest absolute Gasteiger partial charge is 0.339 e. The van der Waals surface area contributed by atoms with Gasteiger partial charge in [0.05, 0.1) is 11.5 Å². The second-order valence-corrected chi connectivity index (χ2v) is 3.11. The first-order chi connectivity index (χ1) is 8.10. The second-order valence-electron chi connectivity index (χ2n) is 3.11. The SMILES string of the molecule is CCOC(=O)C(N=O)c1cccc([N+](=O)[O-])c1. The van der Waals surface area contributed by atoms with Gasteiger partial charge in [0.15, 0.2) is 0 Å². The van der Waals surface area contributed by atoms with Crippen LogP contribution in [0.5, 0.6) is 0 Å². The molecule has 1 aromatic rings. The maximum Gasteiger partial charge on any atom is 0.339 e. The van der Waals surface area contributed by atoms with Gasteiger partial charge in [-0.1, -0.05) is 12.1 Å². The van der Waals surface area contributed by atoms with Crippen molar-refractivity contribution < 1.29 is 14.5 Å². The minimum absolute atomic E-state index is 0.111. The lowest BCUT2D eigenvalue weighted by Crippen LogP contribution is -2.13. The zero-order valence-corrected chi connectivity index (χ0v) is 9.03. The van der Waals surface area contributed by atoms with Gasteiger partial charge in [-0.25, -0.2) is 4.79 Å². The predicted molar refractivity (Wildman–Crippen MR) is 58.3 cm³/mol. The summed E-state index contributed by atoms with van der Waals surface area (Å²) in [6.45, 7) is 1.70. The van der Waals surface area contributed by atoms with E-state index >= 15 is 0 Å². The van der Waals surface area contributed by atoms with E-state index in [1.807, 2.05) is 0 Å². The number of nitroso groups, excluding NO2 is 1. The van der Waals surface area contributed by atoms with Gasteiger partial charge in [-0.05, 0) is 17.7 Å². The van der Waals surface area contributed by atoms with Crippen molar-refractivity contribution in [3.8, 4) is 0 Å². The van der Waals surface area contributed by atoms with Crippen molar-refractivity contribution in [3.05, 3.63) is 44.9 Å². The van der Waals surface area contributed by atoms with E-state index in [1.165, 1.54) is 18.2 Å². The predicted octanol–water partition coefficient (Wildman–Crippen LogP) is 1.97. The Morgan fingerprint density at radius 3 is 2.82 bits per heavy atom. The number of rotatable bonds is 5. The van der Waals surface area contributed by atoms with Crippen LogP contribution in [0.4, 0.5) is 5.69 Å². The van der Waals surface area contributed by atoms with Crippen LogP contribution in [-0.4, -0.2) is 17.5 Å². The average Bonchev–Trinajstić information content (AvgIpc) is 2.30. The first-order valence-electron chi connectivity index (χ1n) is 4.83. The number of esters is 1. The van der Waals surface area contributed by atoms with Crippen molar-refractivity contribution in [3.63, 3.8) is 0 Å². The van der Waals surface area contributed by atoms with Gasteiger partial charge in [0.25, 0.3) is 5.69 Å². The lowest BCUT2D eigenvalue weighted by atomic mass is 10.1. The summed E-state index contributed by atoms with van der Waals surface area (Å²) in [5.41, 5.74) is -0.0619. The van der Waals surface area contributed by atoms with Crippen LogP contribution in [0.25, 0.3) is 0 Å². The molecule has 0 fully saturated rings. The molecule has 0 aliphatic carbocycles. The summed E-state index contributed by atoms with van der Waals surface area (Å²) in [6.07, 6.45) is 0. The van der Waals surface area contributed by atoms with Crippen LogP contribution in [-0.2, 0) is 9.53 Å². The number of nitrogens with zero attached hydrogens (tertiary/aromatic N) is 2. The Balaban J connectivity index is 3.03. The molecule has 1 atom stereocenters. The molecule has 0 amide bonds. The highest BCUT2D eigenvalue weighted by Gasteiger charge is 2.24. The number of benzene rings is 1. The summed E-state index contributed by atoms with van der Waals surface area (Å²) in [4.78, 5) is 31.9. The molecular weight excluding hydrogens is 228 g/mol. The lowest BCUT2D eigenvalue weighted by Gasteiger charge is -2.07. The third-order valence-electron chi connectivity index (χ3n) is 2.01. The third-order valence-corrected chi connectivity index (χ3v) is 2.01. The maximum absolute atomic E-state index is 11.4. The summed E-state index contributed by atoms with van der Waals surface area (Å²) >= 11 is 0. The Morgan fingerprint density at radius 1 is 1.59 bits per heavy atom. The Morgan fingerprint density at radius 2 is 2.29 bits per heavy atom. The van der Waals surface area contributed by atoms with E-state index in [4.69, 9.17) is 0 Å². The fourth-order valence-electron chi connectivity index (χ4n) is 1.27. The van der Waals surface area contributed by atoms with Crippen LogP contribution >= 0.6 is 0 Å². The van der Waals surface area contributed by atoms with Crippen LogP contribution in [0.2, 0.25) is 0 Å². The van der Waals surface area contributed by atoms with Crippen LogP contribution in [0, 0.1) is 15.0 Å². The minimum atomic E-state index is -1.37. The molecule has 0 spiro atoms. The van der Waals surface area contributed by atoms with E-state index in [9.17, 15) is 19.8 Å². The number of carbonyl (C=O) groups excluding carboxylic acids is 1. The van der Waals surface area contributed by atoms with Gasteiger partial charge in [-0.3, -0.25) is 10.1 Å². The monoisotopic (exact) mass is 238 g/mol. The van der Waals surface area contributed by atoms with Crippen molar-refractivity contribution in [1.82, 2.24) is 0 Å². The molecule has 0 heterocycles. The molecule has 7 nitrogen and oxygen atoms in total. The molecule has 0 aromatic heterocycles. The quantitative estimate of drug-likeness (QED) is 0.338. The standard InChI is InChI=1S/C10H10N2O5/c1-2-17-10(13)9(11-14)7-4-3-5-8(6-7)12(15)16/h3-6,9H,2H2,1H3. The molecule has 0 saturated heterocycles. The van der Waals surface area contributed by atoms with Crippen molar-refractivity contribution in [2.24, 2.45) is 5.18 Å². The summed E-state index contributed by atoms with van der Waals surface area (Å²) in [6, 6.07) is 3.82. The van der Waals surface area contributed by atoms with Gasteiger partial charge in [0, 0.05) is 12.1 Å². The van der Waals surface area contributed by atoms with E-state index in [-0.39, 0.29) is 17.9 Å². The number of nitro groups is 1. The van der Waals surface area contributed by atoms with E-state index in [0.29, 0.717) is 0 Å². The van der Waals surface area contributed by atoms with Gasteiger partial charge in [0.2, 0.25) is 6.04 Å². The molecule has 0 saturated carbocycles. The van der Waals surface area contributed by atoms with Crippen molar-refractivity contribution >= 4 is 11.7 Å². The number of nitro benzene ring substituents is 1. The van der Waals surface area contributed by atoms with Crippen molar-refractivity contribution in [1.29, 1.82) is 0 Å². The molecule has 1 unspecified atom stereocenters. The third kappa shape index (κ3) is 3.07. The maximum atomic E-state index is 11.4. The molecule has 0 aliphatic rings. The molecule has 0 bridgehead atoms. The molecule has 0 aliphatic heterocycles. The summed E-state index contributed by atoms with van der Waals surface area (Å²) in [5, 5.41) is 13.2. The summed E-state index contributed by atoms with van der Waals surface area (Å²) in [7, 11) is 0. The minimum Gasteiger partial charge on any atom is -0.464 e. The van der Waals surface area contributed by atoms with Crippen LogP contribution in [0.1, 0.15) is 18.5 Å². The topological polar surface area (TPSA) is 98.9 Å². The van der Waals surface area contributed by atoms with Crippen molar-refractivity contribution in [2.75, 3.05) is 6.61 Å². The highest BCUT2D eigenvalue weighted by Crippen LogP contribution is 2.23. The van der Waals surface area contributed by atoms with E-state index in [1.54, 1.807) is 6.92 Å². The highest BCUT2D eigenvalue weighted by molar-refractivity contribution is 5.78. The summed E-state index contributed by atoms with van der Waals surface area (Å²) in [5.74, 6) is -0.817. The molecule has 17 heavy (non-hydrogen) atoms. The Hall–Kier alpha value is -2.31. The largest absolute Gasteiger partial charge is 0.464 e. The number of hydrogen-bond acceptors (Lipinski definition) is 6. The first kappa shape index (κ1) is 12.8. The fraction of sp³-hybridized carbons (Fsp3) is 0.300. The van der Waals surface area contributed by atoms with Gasteiger partial charge in [-0.2, -0.15) is 0 Å². The second kappa shape index (κ2) is 5.69. The van der Waals surface area contributed by atoms with Crippen LogP contribution in [0.15, 0.2) is 29.4 Å². The van der Waals surface area contributed by atoms with Crippen LogP contribution in [0.3, 0.4) is 0 Å². The fourth-order valence-corrected chi connectivity index (χ4v) is 1.27. The van der Waals surface area contributed by atoms with Gasteiger partial charge >= 0.3 is 5.97 Å². The molecule has 0 N–H and O–H groups in total. The molecule has 0 radical (unpaired) electrons. The number of hydrogen-bond donors (Lipinski definition) is 0. The first-order valence-corrected chi connectivity index (χ1v) is 4.83. The summed E-state index contributed by atoms with van der Waals surface area (Å²) < 4.78 is 4.65. The lowest BCUT2D eigenvalue weighted by molar-refractivity contribution is -0.384. The average molecular weight is 238 g/mol. The number of carbonyl (C=O) groups is 1. The van der Waals surface area contributed by atoms with Crippen LogP contribution < -0.4 is 0 Å². The Bertz CT molecular complexity index is 446. The zero-order valence-electron chi connectivity index (χ0n) is 9.03. The number of ether oxygens (including phenoxy) is 1. The van der Waals surface area contributed by atoms with E-state index < -0.39 is 16.9 Å². The molecule has 1 aromatic carbocycles. The molecular formula is C10H10N2O5. The number of non-ortho nitro benzene ring substituents is 1. The molecule has 7 heteroatoms. The van der Waals surface area contributed by atoms with Gasteiger partial charge in [0.1, 0.15) is 0 Å². The Kier molecular flexibility index (Phi) is 4.27. The molecule has 90 valence electrons. The van der Waals surface area contributed by atoms with Crippen molar-refractivity contribution in [2.45, 2.75) is 13.0 Å². The highest BCUT2D eigenvalue weighted by atomic mass is 16.6. The zero-order chi connectivity index (χ0) is 12.8. The molecule has 1 rings (SSSR count). The Labute approximate surface area is 96.5 Å². The van der Waals surface area contributed by atoms with E-state index in [2.05, 4.69) is 9.91 Å². The van der Waals surface area contributed by atoms with Gasteiger partial charge < -0.3 is 4.74 Å².